The lowest BCUT2D eigenvalue weighted by molar-refractivity contribution is -0.139. The summed E-state index contributed by atoms with van der Waals surface area (Å²) in [5.74, 6) is 0.873. The summed E-state index contributed by atoms with van der Waals surface area (Å²) in [5.41, 5.74) is 1.82. The van der Waals surface area contributed by atoms with E-state index in [0.29, 0.717) is 12.3 Å². The highest BCUT2D eigenvalue weighted by atomic mass is 16.5. The number of β-amino-alcohol motifs (C(OH)–C–C–N with tert-alkyl or cyclic N) is 1. The average molecular weight is 277 g/mol. The van der Waals surface area contributed by atoms with E-state index in [1.54, 1.807) is 12.0 Å². The van der Waals surface area contributed by atoms with E-state index in [4.69, 9.17) is 4.74 Å². The first kappa shape index (κ1) is 14.9. The Kier molecular flexibility index (Phi) is 4.65. The summed E-state index contributed by atoms with van der Waals surface area (Å²) in [6, 6.07) is 5.72. The molecule has 2 rings (SSSR count). The Morgan fingerprint density at radius 3 is 2.95 bits per heavy atom. The number of carbonyl (C=O) groups is 1. The van der Waals surface area contributed by atoms with E-state index in [0.717, 1.165) is 30.5 Å². The van der Waals surface area contributed by atoms with E-state index in [1.165, 1.54) is 0 Å². The van der Waals surface area contributed by atoms with Gasteiger partial charge in [-0.2, -0.15) is 0 Å². The number of amides is 1. The summed E-state index contributed by atoms with van der Waals surface area (Å²) in [5, 5.41) is 10.4. The van der Waals surface area contributed by atoms with Gasteiger partial charge < -0.3 is 14.7 Å². The van der Waals surface area contributed by atoms with E-state index < -0.39 is 6.10 Å². The zero-order valence-corrected chi connectivity index (χ0v) is 12.4. The van der Waals surface area contributed by atoms with Gasteiger partial charge in [-0.1, -0.05) is 18.6 Å². The number of ether oxygens (including phenoxy) is 1. The zero-order chi connectivity index (χ0) is 14.7. The minimum atomic E-state index is -0.709. The van der Waals surface area contributed by atoms with E-state index in [1.807, 2.05) is 32.0 Å². The van der Waals surface area contributed by atoms with Crippen molar-refractivity contribution < 1.29 is 14.6 Å². The van der Waals surface area contributed by atoms with E-state index >= 15 is 0 Å². The van der Waals surface area contributed by atoms with Gasteiger partial charge in [0.25, 0.3) is 0 Å². The molecule has 1 heterocycles. The third kappa shape index (κ3) is 3.12. The summed E-state index contributed by atoms with van der Waals surface area (Å²) in [4.78, 5) is 13.9. The fourth-order valence-electron chi connectivity index (χ4n) is 2.74. The molecule has 1 aromatic carbocycles. The van der Waals surface area contributed by atoms with Crippen LogP contribution in [-0.2, 0) is 4.79 Å². The second-order valence-electron chi connectivity index (χ2n) is 5.59. The predicted molar refractivity (Wildman–Crippen MR) is 77.7 cm³/mol. The largest absolute Gasteiger partial charge is 0.496 e. The van der Waals surface area contributed by atoms with Gasteiger partial charge >= 0.3 is 0 Å². The molecule has 1 fully saturated rings. The third-order valence-corrected chi connectivity index (χ3v) is 3.94. The van der Waals surface area contributed by atoms with Crippen molar-refractivity contribution in [2.24, 2.45) is 5.92 Å². The molecule has 2 unspecified atom stereocenters. The van der Waals surface area contributed by atoms with Crippen LogP contribution < -0.4 is 4.74 Å². The van der Waals surface area contributed by atoms with Crippen molar-refractivity contribution in [1.29, 1.82) is 0 Å². The lowest BCUT2D eigenvalue weighted by Gasteiger charge is -2.32. The number of benzene rings is 1. The Bertz CT molecular complexity index is 487. The van der Waals surface area contributed by atoms with Gasteiger partial charge in [0.2, 0.25) is 5.91 Å². The number of hydrogen-bond acceptors (Lipinski definition) is 3. The van der Waals surface area contributed by atoms with Crippen LogP contribution in [0.25, 0.3) is 0 Å². The summed E-state index contributed by atoms with van der Waals surface area (Å²) in [6.45, 7) is 5.00. The first-order chi connectivity index (χ1) is 9.52. The molecule has 4 heteroatoms. The molecule has 0 saturated carbocycles. The van der Waals surface area contributed by atoms with Gasteiger partial charge in [0.1, 0.15) is 11.9 Å². The number of hydrogen-bond donors (Lipinski definition) is 1. The van der Waals surface area contributed by atoms with E-state index in [9.17, 15) is 9.90 Å². The van der Waals surface area contributed by atoms with Crippen LogP contribution in [0.1, 0.15) is 37.0 Å². The van der Waals surface area contributed by atoms with Gasteiger partial charge in [-0.15, -0.1) is 0 Å². The maximum Gasteiger partial charge on any atom is 0.225 e. The number of likely N-dealkylation sites (tertiary alicyclic amines) is 1. The molecule has 0 bridgehead atoms. The lowest BCUT2D eigenvalue weighted by Crippen LogP contribution is -2.42. The Morgan fingerprint density at radius 1 is 1.50 bits per heavy atom. The topological polar surface area (TPSA) is 49.8 Å². The molecule has 0 spiro atoms. The molecule has 0 radical (unpaired) electrons. The molecule has 1 N–H and O–H groups in total. The number of carbonyl (C=O) groups excluding carboxylic acids is 1. The van der Waals surface area contributed by atoms with Crippen LogP contribution in [0.4, 0.5) is 0 Å². The molecular weight excluding hydrogens is 254 g/mol. The predicted octanol–water partition coefficient (Wildman–Crippen LogP) is 2.30. The number of aliphatic hydroxyl groups excluding tert-OH is 1. The zero-order valence-electron chi connectivity index (χ0n) is 12.4. The second kappa shape index (κ2) is 6.27. The smallest absolute Gasteiger partial charge is 0.225 e. The van der Waals surface area contributed by atoms with Crippen LogP contribution in [-0.4, -0.2) is 36.1 Å². The average Bonchev–Trinajstić information content (AvgIpc) is 2.43. The van der Waals surface area contributed by atoms with Crippen LogP contribution >= 0.6 is 0 Å². The van der Waals surface area contributed by atoms with Crippen LogP contribution in [0.2, 0.25) is 0 Å². The van der Waals surface area contributed by atoms with Crippen LogP contribution in [0.3, 0.4) is 0 Å². The van der Waals surface area contributed by atoms with Crippen molar-refractivity contribution in [3.8, 4) is 5.75 Å². The standard InChI is InChI=1S/C16H23NO3/c1-11-6-7-15(20-3)13(9-11)14(18)10-17-8-4-5-12(2)16(17)19/h6-7,9,12,14,18H,4-5,8,10H2,1-3H3. The van der Waals surface area contributed by atoms with Crippen LogP contribution in [0.15, 0.2) is 18.2 Å². The number of nitrogens with zero attached hydrogens (tertiary/aromatic N) is 1. The van der Waals surface area contributed by atoms with Gasteiger partial charge in [0.05, 0.1) is 13.7 Å². The Balaban J connectivity index is 2.13. The van der Waals surface area contributed by atoms with E-state index in [2.05, 4.69) is 0 Å². The van der Waals surface area contributed by atoms with Gasteiger partial charge in [0, 0.05) is 18.0 Å². The molecule has 110 valence electrons. The molecule has 2 atom stereocenters. The molecule has 1 aliphatic heterocycles. The van der Waals surface area contributed by atoms with Gasteiger partial charge in [-0.3, -0.25) is 4.79 Å². The van der Waals surface area contributed by atoms with E-state index in [-0.39, 0.29) is 11.8 Å². The quantitative estimate of drug-likeness (QED) is 0.918. The molecule has 0 aliphatic carbocycles. The minimum Gasteiger partial charge on any atom is -0.496 e. The molecule has 1 aromatic rings. The Hall–Kier alpha value is -1.55. The van der Waals surface area contributed by atoms with Crippen LogP contribution in [0, 0.1) is 12.8 Å². The fourth-order valence-corrected chi connectivity index (χ4v) is 2.74. The summed E-state index contributed by atoms with van der Waals surface area (Å²) < 4.78 is 5.30. The van der Waals surface area contributed by atoms with Gasteiger partial charge in [0.15, 0.2) is 0 Å². The van der Waals surface area contributed by atoms with Gasteiger partial charge in [-0.25, -0.2) is 0 Å². The summed E-state index contributed by atoms with van der Waals surface area (Å²) >= 11 is 0. The first-order valence-electron chi connectivity index (χ1n) is 7.14. The SMILES string of the molecule is COc1ccc(C)cc1C(O)CN1CCCC(C)C1=O. The molecule has 1 aliphatic rings. The van der Waals surface area contributed by atoms with Crippen molar-refractivity contribution in [3.05, 3.63) is 29.3 Å². The highest BCUT2D eigenvalue weighted by Crippen LogP contribution is 2.28. The monoisotopic (exact) mass is 277 g/mol. The number of methoxy groups -OCH3 is 1. The molecule has 1 saturated heterocycles. The minimum absolute atomic E-state index is 0.0651. The highest BCUT2D eigenvalue weighted by Gasteiger charge is 2.27. The Labute approximate surface area is 120 Å². The number of aliphatic hydroxyl groups is 1. The van der Waals surface area contributed by atoms with Gasteiger partial charge in [-0.05, 0) is 31.9 Å². The summed E-state index contributed by atoms with van der Waals surface area (Å²) in [6.07, 6.45) is 1.24. The maximum absolute atomic E-state index is 12.1. The Morgan fingerprint density at radius 2 is 2.25 bits per heavy atom. The summed E-state index contributed by atoms with van der Waals surface area (Å²) in [7, 11) is 1.59. The van der Waals surface area contributed by atoms with Crippen molar-refractivity contribution in [3.63, 3.8) is 0 Å². The molecule has 1 amide bonds. The van der Waals surface area contributed by atoms with Crippen molar-refractivity contribution in [1.82, 2.24) is 4.90 Å². The number of rotatable bonds is 4. The first-order valence-corrected chi connectivity index (χ1v) is 7.14. The highest BCUT2D eigenvalue weighted by molar-refractivity contribution is 5.79. The number of aryl methyl sites for hydroxylation is 1. The molecule has 4 nitrogen and oxygen atoms in total. The van der Waals surface area contributed by atoms with Crippen molar-refractivity contribution in [2.75, 3.05) is 20.2 Å². The lowest BCUT2D eigenvalue weighted by atomic mass is 9.98. The third-order valence-electron chi connectivity index (χ3n) is 3.94. The fraction of sp³-hybridized carbons (Fsp3) is 0.562. The molecule has 0 aromatic heterocycles. The molecular formula is C16H23NO3. The van der Waals surface area contributed by atoms with Crippen LogP contribution in [0.5, 0.6) is 5.75 Å². The normalized spacial score (nSPS) is 20.9. The maximum atomic E-state index is 12.1. The van der Waals surface area contributed by atoms with Crippen molar-refractivity contribution >= 4 is 5.91 Å². The molecule has 20 heavy (non-hydrogen) atoms. The number of piperidine rings is 1. The second-order valence-corrected chi connectivity index (χ2v) is 5.59. The van der Waals surface area contributed by atoms with Crippen molar-refractivity contribution in [2.45, 2.75) is 32.8 Å².